The van der Waals surface area contributed by atoms with Crippen molar-refractivity contribution in [1.29, 1.82) is 0 Å². The number of benzene rings is 1. The first kappa shape index (κ1) is 14.2. The summed E-state index contributed by atoms with van der Waals surface area (Å²) in [7, 11) is 0. The van der Waals surface area contributed by atoms with Gasteiger partial charge in [0.2, 0.25) is 0 Å². The lowest BCUT2D eigenvalue weighted by Crippen LogP contribution is -2.19. The van der Waals surface area contributed by atoms with Gasteiger partial charge in [-0.3, -0.25) is 0 Å². The number of aryl methyl sites for hydroxylation is 1. The van der Waals surface area contributed by atoms with Gasteiger partial charge in [-0.25, -0.2) is 0 Å². The molecule has 1 nitrogen and oxygen atoms in total. The Kier molecular flexibility index (Phi) is 6.28. The smallest absolute Gasteiger partial charge is 0.00388 e. The van der Waals surface area contributed by atoms with E-state index in [4.69, 9.17) is 5.73 Å². The van der Waals surface area contributed by atoms with Gasteiger partial charge in [-0.2, -0.15) is 0 Å². The number of rotatable bonds is 7. The maximum absolute atomic E-state index is 6.01. The Morgan fingerprint density at radius 2 is 1.71 bits per heavy atom. The van der Waals surface area contributed by atoms with Crippen molar-refractivity contribution in [1.82, 2.24) is 0 Å². The van der Waals surface area contributed by atoms with Gasteiger partial charge in [-0.1, -0.05) is 51.5 Å². The van der Waals surface area contributed by atoms with Gasteiger partial charge >= 0.3 is 0 Å². The molecule has 0 spiro atoms. The predicted molar refractivity (Wildman–Crippen MR) is 76.4 cm³/mol. The predicted octanol–water partition coefficient (Wildman–Crippen LogP) is 4.26. The SMILES string of the molecule is CCCC(N)CCCc1ccc(C(C)C)cc1. The van der Waals surface area contributed by atoms with Crippen LogP contribution in [-0.2, 0) is 6.42 Å². The molecule has 0 fully saturated rings. The highest BCUT2D eigenvalue weighted by Gasteiger charge is 2.02. The van der Waals surface area contributed by atoms with Gasteiger partial charge in [0, 0.05) is 6.04 Å². The van der Waals surface area contributed by atoms with Gasteiger partial charge in [0.1, 0.15) is 0 Å². The molecule has 1 rings (SSSR count). The lowest BCUT2D eigenvalue weighted by Gasteiger charge is -2.10. The van der Waals surface area contributed by atoms with Crippen LogP contribution in [0.1, 0.15) is 63.5 Å². The van der Waals surface area contributed by atoms with Crippen LogP contribution in [0.15, 0.2) is 24.3 Å². The summed E-state index contributed by atoms with van der Waals surface area (Å²) < 4.78 is 0. The summed E-state index contributed by atoms with van der Waals surface area (Å²) in [4.78, 5) is 0. The van der Waals surface area contributed by atoms with Crippen molar-refractivity contribution in [3.63, 3.8) is 0 Å². The van der Waals surface area contributed by atoms with Crippen LogP contribution in [0.25, 0.3) is 0 Å². The molecule has 1 atom stereocenters. The summed E-state index contributed by atoms with van der Waals surface area (Å²) in [6.07, 6.45) is 5.88. The zero-order valence-electron chi connectivity index (χ0n) is 11.6. The molecule has 0 radical (unpaired) electrons. The van der Waals surface area contributed by atoms with E-state index < -0.39 is 0 Å². The Morgan fingerprint density at radius 3 is 2.24 bits per heavy atom. The summed E-state index contributed by atoms with van der Waals surface area (Å²) in [5, 5.41) is 0. The van der Waals surface area contributed by atoms with Gasteiger partial charge in [0.25, 0.3) is 0 Å². The molecule has 0 aliphatic carbocycles. The molecule has 0 saturated carbocycles. The monoisotopic (exact) mass is 233 g/mol. The molecule has 1 aromatic rings. The molecule has 2 N–H and O–H groups in total. The van der Waals surface area contributed by atoms with Gasteiger partial charge < -0.3 is 5.73 Å². The van der Waals surface area contributed by atoms with Crippen molar-refractivity contribution in [3.05, 3.63) is 35.4 Å². The fourth-order valence-electron chi connectivity index (χ4n) is 2.15. The Morgan fingerprint density at radius 1 is 1.06 bits per heavy atom. The highest BCUT2D eigenvalue weighted by Crippen LogP contribution is 2.16. The largest absolute Gasteiger partial charge is 0.328 e. The Balaban J connectivity index is 2.32. The Bertz CT molecular complexity index is 300. The van der Waals surface area contributed by atoms with Crippen LogP contribution >= 0.6 is 0 Å². The minimum absolute atomic E-state index is 0.398. The molecule has 96 valence electrons. The van der Waals surface area contributed by atoms with E-state index in [0.29, 0.717) is 12.0 Å². The zero-order valence-corrected chi connectivity index (χ0v) is 11.6. The fourth-order valence-corrected chi connectivity index (χ4v) is 2.15. The highest BCUT2D eigenvalue weighted by molar-refractivity contribution is 5.24. The van der Waals surface area contributed by atoms with E-state index in [-0.39, 0.29) is 0 Å². The van der Waals surface area contributed by atoms with E-state index in [1.807, 2.05) is 0 Å². The van der Waals surface area contributed by atoms with Crippen molar-refractivity contribution >= 4 is 0 Å². The minimum Gasteiger partial charge on any atom is -0.328 e. The van der Waals surface area contributed by atoms with Crippen molar-refractivity contribution in [2.45, 2.75) is 64.8 Å². The first-order valence-electron chi connectivity index (χ1n) is 6.98. The van der Waals surface area contributed by atoms with Gasteiger partial charge in [0.05, 0.1) is 0 Å². The quantitative estimate of drug-likeness (QED) is 0.748. The summed E-state index contributed by atoms with van der Waals surface area (Å²) in [5.74, 6) is 0.627. The molecular formula is C16H27N. The number of hydrogen-bond acceptors (Lipinski definition) is 1. The molecule has 0 aliphatic heterocycles. The van der Waals surface area contributed by atoms with Crippen molar-refractivity contribution in [2.24, 2.45) is 5.73 Å². The molecule has 0 bridgehead atoms. The molecule has 1 heteroatoms. The number of nitrogens with two attached hydrogens (primary N) is 1. The third kappa shape index (κ3) is 5.36. The van der Waals surface area contributed by atoms with E-state index in [9.17, 15) is 0 Å². The molecular weight excluding hydrogens is 206 g/mol. The molecule has 1 unspecified atom stereocenters. The lowest BCUT2D eigenvalue weighted by atomic mass is 9.98. The van der Waals surface area contributed by atoms with E-state index in [2.05, 4.69) is 45.0 Å². The third-order valence-electron chi connectivity index (χ3n) is 3.35. The van der Waals surface area contributed by atoms with E-state index >= 15 is 0 Å². The van der Waals surface area contributed by atoms with Crippen LogP contribution in [0, 0.1) is 0 Å². The molecule has 0 heterocycles. The van der Waals surface area contributed by atoms with Crippen LogP contribution < -0.4 is 5.73 Å². The minimum atomic E-state index is 0.398. The Labute approximate surface area is 106 Å². The van der Waals surface area contributed by atoms with E-state index in [1.165, 1.54) is 24.0 Å². The molecule has 0 aromatic heterocycles. The second-order valence-corrected chi connectivity index (χ2v) is 5.34. The van der Waals surface area contributed by atoms with Crippen LogP contribution in [0.5, 0.6) is 0 Å². The van der Waals surface area contributed by atoms with E-state index in [1.54, 1.807) is 0 Å². The molecule has 17 heavy (non-hydrogen) atoms. The fraction of sp³-hybridized carbons (Fsp3) is 0.625. The molecule has 0 amide bonds. The lowest BCUT2D eigenvalue weighted by molar-refractivity contribution is 0.539. The van der Waals surface area contributed by atoms with E-state index in [0.717, 1.165) is 19.3 Å². The maximum atomic E-state index is 6.01. The second kappa shape index (κ2) is 7.50. The summed E-state index contributed by atoms with van der Waals surface area (Å²) >= 11 is 0. The average molecular weight is 233 g/mol. The van der Waals surface area contributed by atoms with Crippen LogP contribution in [0.4, 0.5) is 0 Å². The summed E-state index contributed by atoms with van der Waals surface area (Å²) in [6.45, 7) is 6.67. The first-order chi connectivity index (χ1) is 8.13. The summed E-state index contributed by atoms with van der Waals surface area (Å²) in [6, 6.07) is 9.44. The summed E-state index contributed by atoms with van der Waals surface area (Å²) in [5.41, 5.74) is 8.88. The topological polar surface area (TPSA) is 26.0 Å². The van der Waals surface area contributed by atoms with Crippen molar-refractivity contribution in [3.8, 4) is 0 Å². The van der Waals surface area contributed by atoms with Crippen LogP contribution in [0.2, 0.25) is 0 Å². The van der Waals surface area contributed by atoms with Crippen LogP contribution in [-0.4, -0.2) is 6.04 Å². The Hall–Kier alpha value is -0.820. The molecule has 0 saturated heterocycles. The highest BCUT2D eigenvalue weighted by atomic mass is 14.6. The standard InChI is InChI=1S/C16H27N/c1-4-6-16(17)8-5-7-14-9-11-15(12-10-14)13(2)3/h9-13,16H,4-8,17H2,1-3H3. The average Bonchev–Trinajstić information content (AvgIpc) is 2.30. The molecule has 0 aliphatic rings. The number of hydrogen-bond donors (Lipinski definition) is 1. The van der Waals surface area contributed by atoms with Crippen molar-refractivity contribution in [2.75, 3.05) is 0 Å². The third-order valence-corrected chi connectivity index (χ3v) is 3.35. The van der Waals surface area contributed by atoms with Gasteiger partial charge in [-0.15, -0.1) is 0 Å². The molecule has 1 aromatic carbocycles. The van der Waals surface area contributed by atoms with Gasteiger partial charge in [-0.05, 0) is 42.7 Å². The van der Waals surface area contributed by atoms with Crippen LogP contribution in [0.3, 0.4) is 0 Å². The maximum Gasteiger partial charge on any atom is 0.00388 e. The first-order valence-corrected chi connectivity index (χ1v) is 6.98. The van der Waals surface area contributed by atoms with Crippen molar-refractivity contribution < 1.29 is 0 Å². The van der Waals surface area contributed by atoms with Gasteiger partial charge in [0.15, 0.2) is 0 Å². The zero-order chi connectivity index (χ0) is 12.7. The second-order valence-electron chi connectivity index (χ2n) is 5.34. The normalized spacial score (nSPS) is 13.0.